The Bertz CT molecular complexity index is 1580. The van der Waals surface area contributed by atoms with Crippen LogP contribution in [0.4, 0.5) is 18.9 Å². The highest BCUT2D eigenvalue weighted by atomic mass is 19.3. The number of carbonyl (C=O) groups excluding carboxylic acids is 2. The van der Waals surface area contributed by atoms with Crippen molar-refractivity contribution in [3.63, 3.8) is 0 Å². The van der Waals surface area contributed by atoms with E-state index < -0.39 is 23.9 Å². The highest BCUT2D eigenvalue weighted by Crippen LogP contribution is 2.42. The first-order valence-corrected chi connectivity index (χ1v) is 12.3. The molecule has 1 aromatic heterocycles. The van der Waals surface area contributed by atoms with E-state index in [4.69, 9.17) is 9.47 Å². The zero-order valence-electron chi connectivity index (χ0n) is 20.7. The van der Waals surface area contributed by atoms with Crippen LogP contribution >= 0.6 is 0 Å². The number of halogens is 3. The van der Waals surface area contributed by atoms with Gasteiger partial charge in [0.25, 0.3) is 5.91 Å². The van der Waals surface area contributed by atoms with Crippen LogP contribution in [0.25, 0.3) is 16.6 Å². The molecule has 4 aromatic rings. The van der Waals surface area contributed by atoms with Crippen molar-refractivity contribution >= 4 is 28.4 Å². The monoisotopic (exact) mass is 536 g/mol. The smallest absolute Gasteiger partial charge is 0.321 e. The number of hydrogen-bond acceptors (Lipinski definition) is 5. The molecule has 0 saturated carbocycles. The van der Waals surface area contributed by atoms with E-state index in [2.05, 4.69) is 10.4 Å². The van der Waals surface area contributed by atoms with Crippen LogP contribution in [0.3, 0.4) is 0 Å². The zero-order chi connectivity index (χ0) is 27.3. The lowest BCUT2D eigenvalue weighted by molar-refractivity contribution is -0.143. The van der Waals surface area contributed by atoms with Crippen LogP contribution in [-0.4, -0.2) is 46.8 Å². The van der Waals surface area contributed by atoms with Crippen molar-refractivity contribution in [3.05, 3.63) is 78.2 Å². The van der Waals surface area contributed by atoms with Crippen LogP contribution in [0.1, 0.15) is 24.9 Å². The van der Waals surface area contributed by atoms with Gasteiger partial charge in [-0.3, -0.25) is 9.59 Å². The lowest BCUT2D eigenvalue weighted by Gasteiger charge is -2.30. The molecule has 0 radical (unpaired) electrons. The maximum Gasteiger partial charge on any atom is 0.321 e. The molecule has 0 aliphatic carbocycles. The second-order valence-electron chi connectivity index (χ2n) is 9.56. The number of ether oxygens (including phenoxy) is 2. The van der Waals surface area contributed by atoms with Crippen molar-refractivity contribution in [1.82, 2.24) is 15.1 Å². The highest BCUT2D eigenvalue weighted by molar-refractivity contribution is 6.00. The molecule has 3 aromatic carbocycles. The van der Waals surface area contributed by atoms with Gasteiger partial charge in [-0.2, -0.15) is 13.9 Å². The molecule has 6 rings (SSSR count). The van der Waals surface area contributed by atoms with Crippen LogP contribution in [0.5, 0.6) is 11.5 Å². The van der Waals surface area contributed by atoms with Gasteiger partial charge in [-0.25, -0.2) is 9.07 Å². The van der Waals surface area contributed by atoms with Crippen molar-refractivity contribution in [2.45, 2.75) is 31.4 Å². The molecule has 200 valence electrons. The molecular formula is C28H23F3N4O4. The van der Waals surface area contributed by atoms with Gasteiger partial charge in [0.1, 0.15) is 19.0 Å². The molecule has 1 saturated heterocycles. The van der Waals surface area contributed by atoms with E-state index in [1.54, 1.807) is 59.4 Å². The first-order chi connectivity index (χ1) is 18.7. The van der Waals surface area contributed by atoms with Crippen LogP contribution in [-0.2, 0) is 9.59 Å². The first kappa shape index (κ1) is 24.8. The van der Waals surface area contributed by atoms with Crippen molar-refractivity contribution in [2.24, 2.45) is 0 Å². The van der Waals surface area contributed by atoms with Crippen molar-refractivity contribution < 1.29 is 32.2 Å². The van der Waals surface area contributed by atoms with E-state index >= 15 is 0 Å². The molecule has 2 aliphatic rings. The Kier molecular flexibility index (Phi) is 5.93. The number of amides is 2. The summed E-state index contributed by atoms with van der Waals surface area (Å²) in [7, 11) is 0. The van der Waals surface area contributed by atoms with Gasteiger partial charge >= 0.3 is 5.92 Å². The van der Waals surface area contributed by atoms with Gasteiger partial charge in [-0.1, -0.05) is 6.07 Å². The van der Waals surface area contributed by atoms with Gasteiger partial charge in [0, 0.05) is 24.4 Å². The minimum Gasteiger partial charge on any atom is -0.486 e. The number of fused-ring (bicyclic) bond motifs is 2. The van der Waals surface area contributed by atoms with E-state index in [1.807, 2.05) is 0 Å². The van der Waals surface area contributed by atoms with Gasteiger partial charge in [-0.15, -0.1) is 0 Å². The predicted octanol–water partition coefficient (Wildman–Crippen LogP) is 4.55. The molecule has 2 amide bonds. The second-order valence-corrected chi connectivity index (χ2v) is 9.56. The van der Waals surface area contributed by atoms with Crippen molar-refractivity contribution in [3.8, 4) is 17.2 Å². The molecule has 8 nitrogen and oxygen atoms in total. The molecule has 39 heavy (non-hydrogen) atoms. The zero-order valence-corrected chi connectivity index (χ0v) is 20.7. The minimum absolute atomic E-state index is 0.173. The number of hydrogen-bond donors (Lipinski definition) is 1. The van der Waals surface area contributed by atoms with E-state index in [1.165, 1.54) is 17.0 Å². The maximum atomic E-state index is 13.8. The number of nitrogens with zero attached hydrogens (tertiary/aromatic N) is 3. The largest absolute Gasteiger partial charge is 0.486 e. The quantitative estimate of drug-likeness (QED) is 0.405. The van der Waals surface area contributed by atoms with Crippen molar-refractivity contribution in [1.29, 1.82) is 0 Å². The lowest BCUT2D eigenvalue weighted by atomic mass is 9.98. The van der Waals surface area contributed by atoms with E-state index in [0.717, 1.165) is 5.52 Å². The standard InChI is InChI=1S/C28H23F3N4O4/c1-28(30,31)27(37)33-21-14-25(36)34(26(21)16-2-9-23-24(13-16)39-11-10-38-23)20-7-8-22-17(12-20)15-32-35(22)19-5-3-18(29)4-6-19/h2-9,12-13,15,21,26H,10-11,14H2,1H3,(H,33,37)/t21-,26+/m0/s1. The normalized spacial score (nSPS) is 19.0. The molecule has 0 bridgehead atoms. The molecule has 1 N–H and O–H groups in total. The average molecular weight is 537 g/mol. The number of aromatic nitrogens is 2. The number of alkyl halides is 2. The third kappa shape index (κ3) is 4.53. The molecule has 3 heterocycles. The summed E-state index contributed by atoms with van der Waals surface area (Å²) in [6.07, 6.45) is 1.45. The summed E-state index contributed by atoms with van der Waals surface area (Å²) in [6.45, 7) is 1.26. The number of carbonyl (C=O) groups is 2. The fraction of sp³-hybridized carbons (Fsp3) is 0.250. The number of benzene rings is 3. The predicted molar refractivity (Wildman–Crippen MR) is 136 cm³/mol. The summed E-state index contributed by atoms with van der Waals surface area (Å²) in [5, 5.41) is 7.49. The average Bonchev–Trinajstić information content (AvgIpc) is 3.48. The minimum atomic E-state index is -3.61. The van der Waals surface area contributed by atoms with Crippen LogP contribution in [0.15, 0.2) is 66.9 Å². The van der Waals surface area contributed by atoms with E-state index in [0.29, 0.717) is 54.0 Å². The summed E-state index contributed by atoms with van der Waals surface area (Å²) in [5.74, 6) is -4.76. The molecule has 0 unspecified atom stereocenters. The Hall–Kier alpha value is -4.54. The van der Waals surface area contributed by atoms with Gasteiger partial charge in [-0.05, 0) is 60.2 Å². The van der Waals surface area contributed by atoms with E-state index in [9.17, 15) is 22.8 Å². The Morgan fingerprint density at radius 2 is 1.72 bits per heavy atom. The number of rotatable bonds is 5. The SMILES string of the molecule is CC(F)(F)C(=O)N[C@H]1CC(=O)N(c2ccc3c(cnn3-c3ccc(F)cc3)c2)[C@@H]1c1ccc2c(c1)OCCO2. The molecule has 0 spiro atoms. The molecular weight excluding hydrogens is 513 g/mol. The highest BCUT2D eigenvalue weighted by Gasteiger charge is 2.45. The summed E-state index contributed by atoms with van der Waals surface area (Å²) in [6, 6.07) is 14.6. The summed E-state index contributed by atoms with van der Waals surface area (Å²) < 4.78 is 54.0. The fourth-order valence-electron chi connectivity index (χ4n) is 5.05. The second kappa shape index (κ2) is 9.33. The Morgan fingerprint density at radius 3 is 2.46 bits per heavy atom. The van der Waals surface area contributed by atoms with Gasteiger partial charge in [0.2, 0.25) is 5.91 Å². The van der Waals surface area contributed by atoms with Gasteiger partial charge < -0.3 is 19.7 Å². The van der Waals surface area contributed by atoms with Gasteiger partial charge in [0.15, 0.2) is 11.5 Å². The maximum absolute atomic E-state index is 13.8. The third-order valence-corrected chi connectivity index (χ3v) is 6.85. The molecule has 11 heteroatoms. The lowest BCUT2D eigenvalue weighted by Crippen LogP contribution is -2.46. The van der Waals surface area contributed by atoms with Crippen LogP contribution < -0.4 is 19.7 Å². The Morgan fingerprint density at radius 1 is 1.00 bits per heavy atom. The van der Waals surface area contributed by atoms with Crippen LogP contribution in [0, 0.1) is 5.82 Å². The topological polar surface area (TPSA) is 85.7 Å². The fourth-order valence-corrected chi connectivity index (χ4v) is 5.05. The van der Waals surface area contributed by atoms with Crippen LogP contribution in [0.2, 0.25) is 0 Å². The first-order valence-electron chi connectivity index (χ1n) is 12.3. The summed E-state index contributed by atoms with van der Waals surface area (Å²) >= 11 is 0. The van der Waals surface area contributed by atoms with Gasteiger partial charge in [0.05, 0.1) is 29.5 Å². The summed E-state index contributed by atoms with van der Waals surface area (Å²) in [4.78, 5) is 27.1. The third-order valence-electron chi connectivity index (χ3n) is 6.85. The number of anilines is 1. The van der Waals surface area contributed by atoms with E-state index in [-0.39, 0.29) is 18.1 Å². The van der Waals surface area contributed by atoms with Crippen molar-refractivity contribution in [2.75, 3.05) is 18.1 Å². The molecule has 2 aliphatic heterocycles. The Balaban J connectivity index is 1.40. The Labute approximate surface area is 220 Å². The molecule has 1 fully saturated rings. The number of nitrogens with one attached hydrogen (secondary N) is 1. The summed E-state index contributed by atoms with van der Waals surface area (Å²) in [5.41, 5.74) is 2.49. The molecule has 2 atom stereocenters.